The molecule has 108 valence electrons. The number of aryl methyl sites for hydroxylation is 1. The van der Waals surface area contributed by atoms with Crippen molar-refractivity contribution in [3.63, 3.8) is 0 Å². The average Bonchev–Trinajstić information content (AvgIpc) is 3.02. The van der Waals surface area contributed by atoms with Gasteiger partial charge in [0.05, 0.1) is 25.0 Å². The van der Waals surface area contributed by atoms with Crippen molar-refractivity contribution in [1.82, 2.24) is 20.7 Å². The minimum atomic E-state index is 0.246. The fraction of sp³-hybridized carbons (Fsp3) is 0.467. The summed E-state index contributed by atoms with van der Waals surface area (Å²) in [5.41, 5.74) is 2.28. The summed E-state index contributed by atoms with van der Waals surface area (Å²) in [6.45, 7) is 3.15. The molecule has 0 aliphatic carbocycles. The highest BCUT2D eigenvalue weighted by molar-refractivity contribution is 5.27. The molecule has 0 saturated heterocycles. The first-order valence-electron chi connectivity index (χ1n) is 7.05. The van der Waals surface area contributed by atoms with Crippen LogP contribution in [-0.2, 0) is 6.42 Å². The lowest BCUT2D eigenvalue weighted by Gasteiger charge is -2.16. The largest absolute Gasteiger partial charge is 0.497 e. The molecule has 0 amide bonds. The van der Waals surface area contributed by atoms with E-state index in [0.717, 1.165) is 37.3 Å². The van der Waals surface area contributed by atoms with Crippen LogP contribution in [0, 0.1) is 0 Å². The van der Waals surface area contributed by atoms with Crippen LogP contribution >= 0.6 is 0 Å². The van der Waals surface area contributed by atoms with Crippen molar-refractivity contribution in [3.8, 4) is 5.75 Å². The van der Waals surface area contributed by atoms with Crippen LogP contribution < -0.4 is 10.1 Å². The molecule has 0 radical (unpaired) electrons. The Hall–Kier alpha value is -1.88. The second kappa shape index (κ2) is 7.65. The molecule has 5 heteroatoms. The molecule has 2 rings (SSSR count). The van der Waals surface area contributed by atoms with Gasteiger partial charge in [0, 0.05) is 0 Å². The first kappa shape index (κ1) is 14.5. The molecular formula is C15H22N4O. The van der Waals surface area contributed by atoms with Gasteiger partial charge in [-0.3, -0.25) is 0 Å². The van der Waals surface area contributed by atoms with E-state index in [0.29, 0.717) is 0 Å². The highest BCUT2D eigenvalue weighted by Gasteiger charge is 2.13. The molecule has 0 saturated carbocycles. The van der Waals surface area contributed by atoms with Crippen LogP contribution in [0.25, 0.3) is 0 Å². The fourth-order valence-corrected chi connectivity index (χ4v) is 2.15. The van der Waals surface area contributed by atoms with Gasteiger partial charge in [-0.15, -0.1) is 0 Å². The third-order valence-electron chi connectivity index (χ3n) is 3.31. The van der Waals surface area contributed by atoms with E-state index in [1.807, 2.05) is 12.1 Å². The SMILES string of the molecule is CCCNC(CCc1ccc(OC)cc1)c1cn[nH]n1. The van der Waals surface area contributed by atoms with Crippen LogP contribution in [0.4, 0.5) is 0 Å². The van der Waals surface area contributed by atoms with Crippen molar-refractivity contribution in [1.29, 1.82) is 0 Å². The van der Waals surface area contributed by atoms with Crippen molar-refractivity contribution in [3.05, 3.63) is 41.7 Å². The van der Waals surface area contributed by atoms with Gasteiger partial charge in [0.1, 0.15) is 5.75 Å². The Balaban J connectivity index is 1.93. The van der Waals surface area contributed by atoms with Gasteiger partial charge in [-0.25, -0.2) is 0 Å². The van der Waals surface area contributed by atoms with Crippen LogP contribution in [-0.4, -0.2) is 29.1 Å². The molecule has 1 heterocycles. The van der Waals surface area contributed by atoms with E-state index < -0.39 is 0 Å². The van der Waals surface area contributed by atoms with E-state index in [9.17, 15) is 0 Å². The standard InChI is InChI=1S/C15H22N4O/c1-3-10-16-14(15-11-17-19-18-15)9-6-12-4-7-13(20-2)8-5-12/h4-5,7-8,11,14,16H,3,6,9-10H2,1-2H3,(H,17,18,19). The highest BCUT2D eigenvalue weighted by Crippen LogP contribution is 2.18. The minimum absolute atomic E-state index is 0.246. The Morgan fingerprint density at radius 3 is 2.70 bits per heavy atom. The van der Waals surface area contributed by atoms with Crippen molar-refractivity contribution in [2.75, 3.05) is 13.7 Å². The minimum Gasteiger partial charge on any atom is -0.497 e. The summed E-state index contributed by atoms with van der Waals surface area (Å²) in [6.07, 6.45) is 4.90. The van der Waals surface area contributed by atoms with Gasteiger partial charge < -0.3 is 10.1 Å². The number of hydrogen-bond acceptors (Lipinski definition) is 4. The van der Waals surface area contributed by atoms with E-state index in [4.69, 9.17) is 4.74 Å². The molecule has 5 nitrogen and oxygen atoms in total. The number of ether oxygens (including phenoxy) is 1. The summed E-state index contributed by atoms with van der Waals surface area (Å²) in [5, 5.41) is 14.3. The number of H-pyrrole nitrogens is 1. The second-order valence-corrected chi connectivity index (χ2v) is 4.79. The molecule has 0 aliphatic rings. The third kappa shape index (κ3) is 4.06. The topological polar surface area (TPSA) is 62.8 Å². The van der Waals surface area contributed by atoms with Gasteiger partial charge in [0.15, 0.2) is 0 Å². The normalized spacial score (nSPS) is 12.3. The lowest BCUT2D eigenvalue weighted by atomic mass is 10.0. The summed E-state index contributed by atoms with van der Waals surface area (Å²) in [7, 11) is 1.68. The fourth-order valence-electron chi connectivity index (χ4n) is 2.15. The maximum absolute atomic E-state index is 5.17. The zero-order valence-electron chi connectivity index (χ0n) is 12.1. The number of nitrogens with one attached hydrogen (secondary N) is 2. The van der Waals surface area contributed by atoms with Crippen LogP contribution in [0.5, 0.6) is 5.75 Å². The smallest absolute Gasteiger partial charge is 0.118 e. The molecule has 1 aromatic heterocycles. The van der Waals surface area contributed by atoms with Crippen molar-refractivity contribution in [2.24, 2.45) is 0 Å². The summed E-state index contributed by atoms with van der Waals surface area (Å²) >= 11 is 0. The molecule has 2 aromatic rings. The third-order valence-corrected chi connectivity index (χ3v) is 3.31. The van der Waals surface area contributed by atoms with Crippen LogP contribution in [0.1, 0.15) is 37.1 Å². The molecule has 1 unspecified atom stereocenters. The van der Waals surface area contributed by atoms with Crippen molar-refractivity contribution < 1.29 is 4.74 Å². The van der Waals surface area contributed by atoms with Crippen molar-refractivity contribution in [2.45, 2.75) is 32.2 Å². The van der Waals surface area contributed by atoms with Gasteiger partial charge in [-0.05, 0) is 43.5 Å². The average molecular weight is 274 g/mol. The Morgan fingerprint density at radius 2 is 2.10 bits per heavy atom. The first-order chi connectivity index (χ1) is 9.83. The second-order valence-electron chi connectivity index (χ2n) is 4.79. The van der Waals surface area contributed by atoms with Crippen molar-refractivity contribution >= 4 is 0 Å². The monoisotopic (exact) mass is 274 g/mol. The maximum Gasteiger partial charge on any atom is 0.118 e. The van der Waals surface area contributed by atoms with E-state index in [-0.39, 0.29) is 6.04 Å². The molecule has 0 bridgehead atoms. The van der Waals surface area contributed by atoms with Crippen LogP contribution in [0.3, 0.4) is 0 Å². The highest BCUT2D eigenvalue weighted by atomic mass is 16.5. The number of aromatic amines is 1. The number of hydrogen-bond donors (Lipinski definition) is 2. The molecule has 0 spiro atoms. The number of benzene rings is 1. The van der Waals surface area contributed by atoms with Gasteiger partial charge in [-0.1, -0.05) is 19.1 Å². The van der Waals surface area contributed by atoms with E-state index in [1.54, 1.807) is 13.3 Å². The van der Waals surface area contributed by atoms with Gasteiger partial charge >= 0.3 is 0 Å². The van der Waals surface area contributed by atoms with E-state index in [2.05, 4.69) is 39.8 Å². The van der Waals surface area contributed by atoms with Crippen LogP contribution in [0.2, 0.25) is 0 Å². The van der Waals surface area contributed by atoms with E-state index >= 15 is 0 Å². The predicted molar refractivity (Wildman–Crippen MR) is 78.7 cm³/mol. The first-order valence-corrected chi connectivity index (χ1v) is 7.05. The molecule has 1 atom stereocenters. The van der Waals surface area contributed by atoms with Crippen LogP contribution in [0.15, 0.2) is 30.5 Å². The van der Waals surface area contributed by atoms with Gasteiger partial charge in [-0.2, -0.15) is 15.4 Å². The van der Waals surface area contributed by atoms with E-state index in [1.165, 1.54) is 5.56 Å². The zero-order valence-corrected chi connectivity index (χ0v) is 12.1. The summed E-state index contributed by atoms with van der Waals surface area (Å²) in [4.78, 5) is 0. The Labute approximate surface area is 119 Å². The summed E-state index contributed by atoms with van der Waals surface area (Å²) in [5.74, 6) is 0.894. The Bertz CT molecular complexity index is 481. The van der Waals surface area contributed by atoms with Gasteiger partial charge in [0.25, 0.3) is 0 Å². The number of aromatic nitrogens is 3. The number of methoxy groups -OCH3 is 1. The molecule has 0 aliphatic heterocycles. The molecular weight excluding hydrogens is 252 g/mol. The Kier molecular flexibility index (Phi) is 5.55. The number of rotatable bonds is 8. The lowest BCUT2D eigenvalue weighted by Crippen LogP contribution is -2.23. The number of nitrogens with zero attached hydrogens (tertiary/aromatic N) is 2. The lowest BCUT2D eigenvalue weighted by molar-refractivity contribution is 0.414. The zero-order chi connectivity index (χ0) is 14.2. The van der Waals surface area contributed by atoms with Gasteiger partial charge in [0.2, 0.25) is 0 Å². The maximum atomic E-state index is 5.17. The summed E-state index contributed by atoms with van der Waals surface area (Å²) in [6, 6.07) is 8.47. The molecule has 2 N–H and O–H groups in total. The molecule has 1 aromatic carbocycles. The Morgan fingerprint density at radius 1 is 1.30 bits per heavy atom. The summed E-state index contributed by atoms with van der Waals surface area (Å²) < 4.78 is 5.17. The molecule has 20 heavy (non-hydrogen) atoms. The molecule has 0 fully saturated rings. The quantitative estimate of drug-likeness (QED) is 0.776. The predicted octanol–water partition coefficient (Wildman–Crippen LogP) is 2.49.